The Kier molecular flexibility index (Phi) is 6.12. The smallest absolute Gasteiger partial charge is 0.444 e. The van der Waals surface area contributed by atoms with E-state index in [-0.39, 0.29) is 18.3 Å². The summed E-state index contributed by atoms with van der Waals surface area (Å²) in [4.78, 5) is 11.5. The molecule has 0 heterocycles. The van der Waals surface area contributed by atoms with Crippen molar-refractivity contribution in [1.82, 2.24) is 5.32 Å². The van der Waals surface area contributed by atoms with Crippen LogP contribution in [0.3, 0.4) is 0 Å². The van der Waals surface area contributed by atoms with Gasteiger partial charge >= 0.3 is 12.5 Å². The number of halogens is 3. The summed E-state index contributed by atoms with van der Waals surface area (Å²) in [6.07, 6.45) is -5.29. The molecule has 0 fully saturated rings. The fourth-order valence-corrected chi connectivity index (χ4v) is 1.67. The molecule has 23 heavy (non-hydrogen) atoms. The fourth-order valence-electron chi connectivity index (χ4n) is 1.67. The van der Waals surface area contributed by atoms with Crippen molar-refractivity contribution >= 4 is 11.8 Å². The molecule has 1 aromatic carbocycles. The maximum Gasteiger partial charge on any atom is 0.573 e. The first-order valence-electron chi connectivity index (χ1n) is 7.04. The van der Waals surface area contributed by atoms with Gasteiger partial charge in [0.1, 0.15) is 11.4 Å². The van der Waals surface area contributed by atoms with E-state index in [4.69, 9.17) is 4.74 Å². The molecule has 1 atom stereocenters. The van der Waals surface area contributed by atoms with Gasteiger partial charge in [-0.15, -0.1) is 13.2 Å². The Morgan fingerprint density at radius 2 is 1.91 bits per heavy atom. The summed E-state index contributed by atoms with van der Waals surface area (Å²) in [5.41, 5.74) is -0.144. The average Bonchev–Trinajstić information content (AvgIpc) is 2.32. The Balaban J connectivity index is 2.50. The number of ether oxygens (including phenoxy) is 2. The van der Waals surface area contributed by atoms with Gasteiger partial charge in [0, 0.05) is 24.3 Å². The normalized spacial score (nSPS) is 13.2. The van der Waals surface area contributed by atoms with Crippen LogP contribution in [0.15, 0.2) is 24.3 Å². The first-order valence-corrected chi connectivity index (χ1v) is 7.04. The topological polar surface area (TPSA) is 59.6 Å². The molecule has 0 aliphatic rings. The first kappa shape index (κ1) is 18.9. The van der Waals surface area contributed by atoms with Crippen molar-refractivity contribution in [3.8, 4) is 5.75 Å². The summed E-state index contributed by atoms with van der Waals surface area (Å²) in [5, 5.41) is 5.55. The highest BCUT2D eigenvalue weighted by Gasteiger charge is 2.31. The Morgan fingerprint density at radius 3 is 2.48 bits per heavy atom. The van der Waals surface area contributed by atoms with E-state index in [9.17, 15) is 18.0 Å². The van der Waals surface area contributed by atoms with Crippen LogP contribution in [0.2, 0.25) is 0 Å². The zero-order chi connectivity index (χ0) is 17.7. The first-order chi connectivity index (χ1) is 10.4. The summed E-state index contributed by atoms with van der Waals surface area (Å²) in [6, 6.07) is 5.27. The van der Waals surface area contributed by atoms with E-state index in [1.165, 1.54) is 18.2 Å². The summed E-state index contributed by atoms with van der Waals surface area (Å²) in [7, 11) is 0. The number of hydrogen-bond donors (Lipinski definition) is 2. The Bertz CT molecular complexity index is 527. The number of nitrogens with one attached hydrogen (secondary N) is 2. The lowest BCUT2D eigenvalue weighted by atomic mass is 10.2. The molecule has 0 aromatic heterocycles. The number of benzene rings is 1. The lowest BCUT2D eigenvalue weighted by molar-refractivity contribution is -0.274. The van der Waals surface area contributed by atoms with E-state index < -0.39 is 18.1 Å². The molecule has 1 rings (SSSR count). The summed E-state index contributed by atoms with van der Waals surface area (Å²) in [6.45, 7) is 7.27. The molecule has 0 radical (unpaired) electrons. The van der Waals surface area contributed by atoms with E-state index >= 15 is 0 Å². The second-order valence-electron chi connectivity index (χ2n) is 6.00. The number of carbonyl (C=O) groups excluding carboxylic acids is 1. The molecule has 0 aliphatic carbocycles. The number of alkyl carbamates (subject to hydrolysis) is 1. The van der Waals surface area contributed by atoms with Crippen LogP contribution >= 0.6 is 0 Å². The van der Waals surface area contributed by atoms with Crippen LogP contribution in [0.4, 0.5) is 23.7 Å². The van der Waals surface area contributed by atoms with E-state index in [0.717, 1.165) is 0 Å². The monoisotopic (exact) mass is 334 g/mol. The lowest BCUT2D eigenvalue weighted by Gasteiger charge is -2.21. The van der Waals surface area contributed by atoms with E-state index in [1.54, 1.807) is 33.8 Å². The van der Waals surface area contributed by atoms with Gasteiger partial charge in [-0.2, -0.15) is 0 Å². The molecule has 1 aromatic rings. The summed E-state index contributed by atoms with van der Waals surface area (Å²) in [5.74, 6) is -0.310. The predicted octanol–water partition coefficient (Wildman–Crippen LogP) is 3.91. The molecule has 1 unspecified atom stereocenters. The van der Waals surface area contributed by atoms with Crippen molar-refractivity contribution in [3.05, 3.63) is 24.3 Å². The molecular weight excluding hydrogens is 313 g/mol. The Hall–Kier alpha value is -2.12. The highest BCUT2D eigenvalue weighted by molar-refractivity contribution is 5.67. The molecule has 8 heteroatoms. The van der Waals surface area contributed by atoms with Crippen molar-refractivity contribution < 1.29 is 27.4 Å². The van der Waals surface area contributed by atoms with Gasteiger partial charge in [0.2, 0.25) is 0 Å². The van der Waals surface area contributed by atoms with Gasteiger partial charge in [-0.1, -0.05) is 6.07 Å². The predicted molar refractivity (Wildman–Crippen MR) is 80.4 cm³/mol. The minimum atomic E-state index is -4.73. The quantitative estimate of drug-likeness (QED) is 0.857. The standard InChI is InChI=1S/C15H21F3N2O3/c1-10(9-19-13(21)23-14(2,3)4)20-11-6-5-7-12(8-11)22-15(16,17)18/h5-8,10,20H,9H2,1-4H3,(H,19,21). The molecule has 130 valence electrons. The van der Waals surface area contributed by atoms with Gasteiger partial charge in [0.15, 0.2) is 0 Å². The van der Waals surface area contributed by atoms with Crippen LogP contribution in [-0.4, -0.2) is 30.6 Å². The summed E-state index contributed by atoms with van der Waals surface area (Å²) < 4.78 is 45.5. The maximum absolute atomic E-state index is 12.2. The highest BCUT2D eigenvalue weighted by Crippen LogP contribution is 2.25. The molecule has 0 aliphatic heterocycles. The molecular formula is C15H21F3N2O3. The number of hydrogen-bond acceptors (Lipinski definition) is 4. The van der Waals surface area contributed by atoms with Crippen LogP contribution in [-0.2, 0) is 4.74 Å². The number of alkyl halides is 3. The highest BCUT2D eigenvalue weighted by atomic mass is 19.4. The second kappa shape index (κ2) is 7.43. The van der Waals surface area contributed by atoms with Gasteiger partial charge in [0.05, 0.1) is 0 Å². The molecule has 0 saturated carbocycles. The lowest BCUT2D eigenvalue weighted by Crippen LogP contribution is -2.38. The zero-order valence-corrected chi connectivity index (χ0v) is 13.5. The molecule has 2 N–H and O–H groups in total. The molecule has 5 nitrogen and oxygen atoms in total. The number of rotatable bonds is 5. The van der Waals surface area contributed by atoms with Crippen molar-refractivity contribution in [1.29, 1.82) is 0 Å². The van der Waals surface area contributed by atoms with E-state index in [2.05, 4.69) is 15.4 Å². The Labute approximate surface area is 133 Å². The SMILES string of the molecule is CC(CNC(=O)OC(C)(C)C)Nc1cccc(OC(F)(F)F)c1. The third-order valence-electron chi connectivity index (χ3n) is 2.43. The van der Waals surface area contributed by atoms with Gasteiger partial charge in [-0.05, 0) is 39.8 Å². The third kappa shape index (κ3) is 8.80. The van der Waals surface area contributed by atoms with E-state index in [1.807, 2.05) is 0 Å². The molecule has 0 saturated heterocycles. The minimum absolute atomic E-state index is 0.219. The third-order valence-corrected chi connectivity index (χ3v) is 2.43. The average molecular weight is 334 g/mol. The number of carbonyl (C=O) groups is 1. The van der Waals surface area contributed by atoms with Gasteiger partial charge in [-0.3, -0.25) is 0 Å². The van der Waals surface area contributed by atoms with Crippen molar-refractivity contribution in [2.24, 2.45) is 0 Å². The Morgan fingerprint density at radius 1 is 1.26 bits per heavy atom. The second-order valence-corrected chi connectivity index (χ2v) is 6.00. The van der Waals surface area contributed by atoms with Gasteiger partial charge in [0.25, 0.3) is 0 Å². The number of anilines is 1. The number of amides is 1. The molecule has 0 bridgehead atoms. The maximum atomic E-state index is 12.2. The van der Waals surface area contributed by atoms with E-state index in [0.29, 0.717) is 5.69 Å². The van der Waals surface area contributed by atoms with Crippen LogP contribution in [0.5, 0.6) is 5.75 Å². The minimum Gasteiger partial charge on any atom is -0.444 e. The van der Waals surface area contributed by atoms with Crippen molar-refractivity contribution in [2.75, 3.05) is 11.9 Å². The largest absolute Gasteiger partial charge is 0.573 e. The fraction of sp³-hybridized carbons (Fsp3) is 0.533. The molecule has 1 amide bonds. The van der Waals surface area contributed by atoms with Crippen LogP contribution in [0.1, 0.15) is 27.7 Å². The van der Waals surface area contributed by atoms with Gasteiger partial charge in [-0.25, -0.2) is 4.79 Å². The zero-order valence-electron chi connectivity index (χ0n) is 13.5. The van der Waals surface area contributed by atoms with Crippen LogP contribution in [0.25, 0.3) is 0 Å². The van der Waals surface area contributed by atoms with Crippen molar-refractivity contribution in [3.63, 3.8) is 0 Å². The summed E-state index contributed by atoms with van der Waals surface area (Å²) >= 11 is 0. The van der Waals surface area contributed by atoms with Crippen molar-refractivity contribution in [2.45, 2.75) is 45.7 Å². The molecule has 0 spiro atoms. The van der Waals surface area contributed by atoms with Crippen LogP contribution < -0.4 is 15.4 Å². The van der Waals surface area contributed by atoms with Gasteiger partial charge < -0.3 is 20.1 Å². The van der Waals surface area contributed by atoms with Crippen LogP contribution in [0, 0.1) is 0 Å².